The van der Waals surface area contributed by atoms with Crippen LogP contribution in [0.5, 0.6) is 0 Å². The Bertz CT molecular complexity index is 255. The molecule has 2 nitrogen and oxygen atoms in total. The molecule has 4 atom stereocenters. The zero-order valence-electron chi connectivity index (χ0n) is 12.5. The van der Waals surface area contributed by atoms with Gasteiger partial charge in [-0.15, -0.1) is 0 Å². The van der Waals surface area contributed by atoms with Crippen molar-refractivity contribution in [3.8, 4) is 0 Å². The van der Waals surface area contributed by atoms with Crippen LogP contribution in [0.1, 0.15) is 40.5 Å². The van der Waals surface area contributed by atoms with Crippen LogP contribution in [0.4, 0.5) is 0 Å². The molecule has 0 aliphatic heterocycles. The number of hydrogen-bond acceptors (Lipinski definition) is 2. The molecule has 0 aromatic carbocycles. The Kier molecular flexibility index (Phi) is 5.85. The average Bonchev–Trinajstić information content (AvgIpc) is 2.52. The molecule has 2 saturated carbocycles. The first-order valence-electron chi connectivity index (χ1n) is 6.37. The molecule has 1 N–H and O–H groups in total. The summed E-state index contributed by atoms with van der Waals surface area (Å²) in [5, 5.41) is 10.4. The molecule has 0 spiro atoms. The number of hydrogen-bond donors (Lipinski definition) is 1. The number of rotatable bonds is 1. The number of fused-ring (bicyclic) bond motifs is 2. The summed E-state index contributed by atoms with van der Waals surface area (Å²) in [5.74, 6) is 0.664. The number of aliphatic hydroxyl groups excluding tert-OH is 1. The van der Waals surface area contributed by atoms with E-state index in [4.69, 9.17) is 0 Å². The second-order valence-corrected chi connectivity index (χ2v) is 6.18. The molecular formula is C14H28NOZn-. The van der Waals surface area contributed by atoms with Gasteiger partial charge in [-0.05, 0) is 38.3 Å². The molecule has 2 rings (SSSR count). The summed E-state index contributed by atoms with van der Waals surface area (Å²) in [6.45, 7) is 11.9. The van der Waals surface area contributed by atoms with E-state index in [2.05, 4.69) is 46.7 Å². The van der Waals surface area contributed by atoms with Crippen molar-refractivity contribution in [3.05, 3.63) is 6.92 Å². The summed E-state index contributed by atoms with van der Waals surface area (Å²) < 4.78 is 0. The molecule has 0 heterocycles. The molecule has 2 fully saturated rings. The zero-order chi connectivity index (χ0) is 12.7. The van der Waals surface area contributed by atoms with Crippen LogP contribution in [0.25, 0.3) is 0 Å². The molecule has 0 aromatic rings. The predicted octanol–water partition coefficient (Wildman–Crippen LogP) is 2.57. The number of likely N-dealkylation sites (N-methyl/N-ethyl adjacent to an activating group) is 1. The fraction of sp³-hybridized carbons (Fsp3) is 0.929. The Hall–Kier alpha value is 0.543. The maximum absolute atomic E-state index is 10.4. The fourth-order valence-corrected chi connectivity index (χ4v) is 3.93. The van der Waals surface area contributed by atoms with Crippen LogP contribution >= 0.6 is 0 Å². The number of nitrogens with zero attached hydrogens (tertiary/aromatic N) is 1. The standard InChI is InChI=1S/C12H23NO.C2H5.Zn/c1-11(2)8-6-7-12(11,3)10(14)9(8)13(4)5;1-2;/h8-10,14H,6-7H2,1-5H3;1H2,2H3;/q;-1;/t8-,9-,10-,12+;;/m1../s1. The molecule has 3 heteroatoms. The number of aliphatic hydroxyl groups is 1. The van der Waals surface area contributed by atoms with E-state index in [1.54, 1.807) is 6.92 Å². The average molecular weight is 292 g/mol. The normalized spacial score (nSPS) is 41.8. The Morgan fingerprint density at radius 1 is 1.18 bits per heavy atom. The molecule has 2 bridgehead atoms. The summed E-state index contributed by atoms with van der Waals surface area (Å²) >= 11 is 0. The fourth-order valence-electron chi connectivity index (χ4n) is 3.93. The van der Waals surface area contributed by atoms with Gasteiger partial charge in [0.05, 0.1) is 6.10 Å². The van der Waals surface area contributed by atoms with Crippen molar-refractivity contribution in [2.75, 3.05) is 14.1 Å². The van der Waals surface area contributed by atoms with Gasteiger partial charge in [0.1, 0.15) is 0 Å². The Morgan fingerprint density at radius 3 is 1.88 bits per heavy atom. The first kappa shape index (κ1) is 17.5. The largest absolute Gasteiger partial charge is 0.391 e. The van der Waals surface area contributed by atoms with Crippen molar-refractivity contribution in [2.45, 2.75) is 52.7 Å². The van der Waals surface area contributed by atoms with Gasteiger partial charge in [0.15, 0.2) is 0 Å². The minimum absolute atomic E-state index is 0. The van der Waals surface area contributed by atoms with Gasteiger partial charge in [0, 0.05) is 30.9 Å². The van der Waals surface area contributed by atoms with E-state index < -0.39 is 0 Å². The van der Waals surface area contributed by atoms with Gasteiger partial charge in [-0.1, -0.05) is 20.8 Å². The van der Waals surface area contributed by atoms with Crippen LogP contribution in [-0.2, 0) is 19.5 Å². The van der Waals surface area contributed by atoms with Crippen molar-refractivity contribution in [2.24, 2.45) is 16.7 Å². The van der Waals surface area contributed by atoms with Gasteiger partial charge in [-0.2, -0.15) is 6.92 Å². The van der Waals surface area contributed by atoms with E-state index in [9.17, 15) is 5.11 Å². The molecule has 0 unspecified atom stereocenters. The van der Waals surface area contributed by atoms with E-state index in [-0.39, 0.29) is 31.0 Å². The Labute approximate surface area is 120 Å². The minimum Gasteiger partial charge on any atom is -0.391 e. The van der Waals surface area contributed by atoms with Crippen LogP contribution in [0.2, 0.25) is 0 Å². The van der Waals surface area contributed by atoms with E-state index >= 15 is 0 Å². The summed E-state index contributed by atoms with van der Waals surface area (Å²) in [7, 11) is 4.18. The summed E-state index contributed by atoms with van der Waals surface area (Å²) in [6.07, 6.45) is 2.32. The maximum Gasteiger partial charge on any atom is 0.0756 e. The van der Waals surface area contributed by atoms with Gasteiger partial charge >= 0.3 is 0 Å². The van der Waals surface area contributed by atoms with E-state index in [0.717, 1.165) is 0 Å². The maximum atomic E-state index is 10.4. The summed E-state index contributed by atoms with van der Waals surface area (Å²) in [6, 6.07) is 0.365. The van der Waals surface area contributed by atoms with Crippen molar-refractivity contribution < 1.29 is 24.6 Å². The van der Waals surface area contributed by atoms with Crippen molar-refractivity contribution in [3.63, 3.8) is 0 Å². The third-order valence-corrected chi connectivity index (χ3v) is 5.36. The van der Waals surface area contributed by atoms with Crippen LogP contribution in [0.3, 0.4) is 0 Å². The molecule has 2 aliphatic carbocycles. The van der Waals surface area contributed by atoms with Crippen molar-refractivity contribution >= 4 is 0 Å². The van der Waals surface area contributed by atoms with Gasteiger partial charge in [-0.3, -0.25) is 0 Å². The van der Waals surface area contributed by atoms with Gasteiger partial charge in [-0.25, -0.2) is 0 Å². The topological polar surface area (TPSA) is 23.5 Å². The molecule has 0 aromatic heterocycles. The smallest absolute Gasteiger partial charge is 0.0756 e. The quantitative estimate of drug-likeness (QED) is 0.593. The summed E-state index contributed by atoms with van der Waals surface area (Å²) in [4.78, 5) is 2.21. The third kappa shape index (κ3) is 2.24. The molecule has 0 radical (unpaired) electrons. The Balaban J connectivity index is 0.000000811. The van der Waals surface area contributed by atoms with Crippen LogP contribution < -0.4 is 0 Å². The van der Waals surface area contributed by atoms with E-state index in [0.29, 0.717) is 17.4 Å². The first-order chi connectivity index (χ1) is 7.32. The monoisotopic (exact) mass is 290 g/mol. The predicted molar refractivity (Wildman–Crippen MR) is 69.1 cm³/mol. The molecule has 17 heavy (non-hydrogen) atoms. The van der Waals surface area contributed by atoms with Crippen molar-refractivity contribution in [1.82, 2.24) is 4.90 Å². The van der Waals surface area contributed by atoms with Crippen LogP contribution in [0, 0.1) is 23.7 Å². The Morgan fingerprint density at radius 2 is 1.65 bits per heavy atom. The molecule has 2 aliphatic rings. The second-order valence-electron chi connectivity index (χ2n) is 6.18. The second kappa shape index (κ2) is 5.67. The van der Waals surface area contributed by atoms with E-state index in [1.807, 2.05) is 0 Å². The molecule has 0 amide bonds. The van der Waals surface area contributed by atoms with Crippen molar-refractivity contribution in [1.29, 1.82) is 0 Å². The van der Waals surface area contributed by atoms with E-state index in [1.165, 1.54) is 12.8 Å². The zero-order valence-corrected chi connectivity index (χ0v) is 15.4. The van der Waals surface area contributed by atoms with Crippen LogP contribution in [0.15, 0.2) is 0 Å². The van der Waals surface area contributed by atoms with Crippen LogP contribution in [-0.4, -0.2) is 36.2 Å². The molecule has 98 valence electrons. The third-order valence-electron chi connectivity index (χ3n) is 5.36. The van der Waals surface area contributed by atoms with Gasteiger partial charge in [0.2, 0.25) is 0 Å². The first-order valence-corrected chi connectivity index (χ1v) is 6.37. The van der Waals surface area contributed by atoms with Gasteiger partial charge in [0.25, 0.3) is 0 Å². The molecular weight excluding hydrogens is 264 g/mol. The van der Waals surface area contributed by atoms with Gasteiger partial charge < -0.3 is 16.9 Å². The SMILES string of the molecule is CN(C)[C@@H]1[C@H]2CC[C@@](C)([C@@H]1O)C2(C)C.[CH2-]C.[Zn]. The minimum atomic E-state index is -0.147. The molecule has 0 saturated heterocycles. The summed E-state index contributed by atoms with van der Waals surface area (Å²) in [5.41, 5.74) is 0.425.